The number of aliphatic hydroxyl groups excluding tert-OH is 1. The number of ether oxygens (including phenoxy) is 7. The van der Waals surface area contributed by atoms with Gasteiger partial charge in [-0.25, -0.2) is 0 Å². The van der Waals surface area contributed by atoms with Crippen molar-refractivity contribution in [3.63, 3.8) is 0 Å². The fraction of sp³-hybridized carbons (Fsp3) is 0.550. The van der Waals surface area contributed by atoms with Crippen LogP contribution in [0.1, 0.15) is 20.8 Å². The molecule has 0 saturated carbocycles. The first-order chi connectivity index (χ1) is 14.7. The van der Waals surface area contributed by atoms with E-state index in [2.05, 4.69) is 0 Å². The second kappa shape index (κ2) is 10.8. The minimum atomic E-state index is -1.57. The van der Waals surface area contributed by atoms with Crippen LogP contribution in [0.15, 0.2) is 18.2 Å². The van der Waals surface area contributed by atoms with Gasteiger partial charge in [-0.2, -0.15) is 0 Å². The second-order valence-electron chi connectivity index (χ2n) is 6.59. The first-order valence-electron chi connectivity index (χ1n) is 9.36. The van der Waals surface area contributed by atoms with Gasteiger partial charge >= 0.3 is 17.9 Å². The van der Waals surface area contributed by atoms with Crippen LogP contribution in [-0.2, 0) is 33.3 Å². The molecule has 0 unspecified atom stereocenters. The average molecular weight is 442 g/mol. The van der Waals surface area contributed by atoms with Crippen LogP contribution in [0.25, 0.3) is 0 Å². The number of benzene rings is 1. The molecule has 1 aromatic rings. The van der Waals surface area contributed by atoms with E-state index >= 15 is 0 Å². The van der Waals surface area contributed by atoms with Gasteiger partial charge in [0.25, 0.3) is 0 Å². The van der Waals surface area contributed by atoms with E-state index in [1.54, 1.807) is 18.2 Å². The molecule has 11 nitrogen and oxygen atoms in total. The van der Waals surface area contributed by atoms with Crippen LogP contribution in [0.4, 0.5) is 0 Å². The van der Waals surface area contributed by atoms with Crippen molar-refractivity contribution in [3.05, 3.63) is 18.2 Å². The zero-order chi connectivity index (χ0) is 23.1. The first kappa shape index (κ1) is 24.2. The maximum atomic E-state index is 11.6. The average Bonchev–Trinajstić information content (AvgIpc) is 2.70. The van der Waals surface area contributed by atoms with E-state index in [0.717, 1.165) is 13.8 Å². The summed E-state index contributed by atoms with van der Waals surface area (Å²) in [5, 5.41) is 10.8. The van der Waals surface area contributed by atoms with E-state index in [-0.39, 0.29) is 23.9 Å². The number of carbonyl (C=O) groups excluding carboxylic acids is 3. The molecule has 0 bridgehead atoms. The Labute approximate surface area is 179 Å². The molecule has 2 rings (SSSR count). The van der Waals surface area contributed by atoms with Gasteiger partial charge < -0.3 is 38.3 Å². The molecule has 1 N–H and O–H groups in total. The molecule has 5 atom stereocenters. The molecule has 1 aliphatic rings. The fourth-order valence-electron chi connectivity index (χ4n) is 3.03. The zero-order valence-corrected chi connectivity index (χ0v) is 17.9. The third kappa shape index (κ3) is 6.22. The Bertz CT molecular complexity index is 771. The minimum absolute atomic E-state index is 0.121. The molecule has 1 heterocycles. The lowest BCUT2D eigenvalue weighted by Gasteiger charge is -2.42. The highest BCUT2D eigenvalue weighted by Gasteiger charge is 2.51. The lowest BCUT2D eigenvalue weighted by atomic mass is 9.98. The highest BCUT2D eigenvalue weighted by atomic mass is 16.7. The van der Waals surface area contributed by atoms with Crippen LogP contribution >= 0.6 is 0 Å². The number of rotatable bonds is 8. The van der Waals surface area contributed by atoms with E-state index in [0.29, 0.717) is 0 Å². The Morgan fingerprint density at radius 2 is 1.48 bits per heavy atom. The van der Waals surface area contributed by atoms with Gasteiger partial charge in [-0.15, -0.1) is 0 Å². The maximum Gasteiger partial charge on any atom is 0.303 e. The summed E-state index contributed by atoms with van der Waals surface area (Å²) in [6.07, 6.45) is -6.71. The monoisotopic (exact) mass is 442 g/mol. The van der Waals surface area contributed by atoms with Crippen molar-refractivity contribution >= 4 is 17.9 Å². The number of para-hydroxylation sites is 1. The highest BCUT2D eigenvalue weighted by Crippen LogP contribution is 2.39. The molecular weight excluding hydrogens is 416 g/mol. The third-order valence-electron chi connectivity index (χ3n) is 4.29. The van der Waals surface area contributed by atoms with Crippen molar-refractivity contribution in [2.45, 2.75) is 51.5 Å². The molecule has 0 aromatic heterocycles. The van der Waals surface area contributed by atoms with Gasteiger partial charge in [-0.05, 0) is 12.1 Å². The lowest BCUT2D eigenvalue weighted by Crippen LogP contribution is -2.62. The van der Waals surface area contributed by atoms with Crippen molar-refractivity contribution in [1.29, 1.82) is 0 Å². The first-order valence-corrected chi connectivity index (χ1v) is 9.36. The number of esters is 3. The van der Waals surface area contributed by atoms with Gasteiger partial charge in [0.1, 0.15) is 12.7 Å². The van der Waals surface area contributed by atoms with E-state index in [1.807, 2.05) is 0 Å². The van der Waals surface area contributed by atoms with Crippen LogP contribution in [0.2, 0.25) is 0 Å². The number of methoxy groups -OCH3 is 2. The SMILES string of the molecule is COc1cccc(OC)c1O[C@@H]1O[C@H](COC(C)=O)[C@@H](OC(C)=O)[C@H](OC(C)=O)[C@H]1O. The van der Waals surface area contributed by atoms with Gasteiger partial charge in [0.05, 0.1) is 14.2 Å². The minimum Gasteiger partial charge on any atom is -0.493 e. The topological polar surface area (TPSA) is 136 Å². The summed E-state index contributed by atoms with van der Waals surface area (Å²) in [6.45, 7) is 3.12. The van der Waals surface area contributed by atoms with Crippen molar-refractivity contribution in [2.24, 2.45) is 0 Å². The summed E-state index contributed by atoms with van der Waals surface area (Å²) < 4.78 is 37.5. The number of hydrogen-bond donors (Lipinski definition) is 1. The van der Waals surface area contributed by atoms with Crippen LogP contribution in [-0.4, -0.2) is 74.5 Å². The maximum absolute atomic E-state index is 11.6. The van der Waals surface area contributed by atoms with Gasteiger partial charge in [0.2, 0.25) is 12.0 Å². The van der Waals surface area contributed by atoms with Gasteiger partial charge in [-0.3, -0.25) is 14.4 Å². The van der Waals surface area contributed by atoms with Crippen molar-refractivity contribution < 1.29 is 52.6 Å². The largest absolute Gasteiger partial charge is 0.493 e. The van der Waals surface area contributed by atoms with Gasteiger partial charge in [-0.1, -0.05) is 6.07 Å². The Hall–Kier alpha value is -3.05. The van der Waals surface area contributed by atoms with E-state index in [1.165, 1.54) is 21.1 Å². The van der Waals surface area contributed by atoms with Gasteiger partial charge in [0, 0.05) is 20.8 Å². The molecular formula is C20H26O11. The Morgan fingerprint density at radius 1 is 0.935 bits per heavy atom. The van der Waals surface area contributed by atoms with Crippen LogP contribution < -0.4 is 14.2 Å². The standard InChI is InChI=1S/C20H26O11/c1-10(21)27-9-15-18(28-11(2)22)19(29-12(3)23)16(24)20(30-15)31-17-13(25-4)7-6-8-14(17)26-5/h6-8,15-16,18-20,24H,9H2,1-5H3/t15-,16-,18-,19-,20+/m1/s1. The third-order valence-corrected chi connectivity index (χ3v) is 4.29. The van der Waals surface area contributed by atoms with Crippen molar-refractivity contribution in [3.8, 4) is 17.2 Å². The fourth-order valence-corrected chi connectivity index (χ4v) is 3.03. The van der Waals surface area contributed by atoms with Crippen LogP contribution in [0.3, 0.4) is 0 Å². The summed E-state index contributed by atoms with van der Waals surface area (Å²) in [6, 6.07) is 4.88. The van der Waals surface area contributed by atoms with Crippen LogP contribution in [0.5, 0.6) is 17.2 Å². The number of aliphatic hydroxyl groups is 1. The summed E-state index contributed by atoms with van der Waals surface area (Å²) in [7, 11) is 2.84. The number of carbonyl (C=O) groups is 3. The highest BCUT2D eigenvalue weighted by molar-refractivity contribution is 5.68. The molecule has 1 fully saturated rings. The van der Waals surface area contributed by atoms with Gasteiger partial charge in [0.15, 0.2) is 29.8 Å². The Morgan fingerprint density at radius 3 is 1.97 bits per heavy atom. The normalized spacial score (nSPS) is 25.2. The lowest BCUT2D eigenvalue weighted by molar-refractivity contribution is -0.285. The molecule has 1 aliphatic heterocycles. The summed E-state index contributed by atoms with van der Waals surface area (Å²) in [5.41, 5.74) is 0. The summed E-state index contributed by atoms with van der Waals surface area (Å²) >= 11 is 0. The predicted molar refractivity (Wildman–Crippen MR) is 103 cm³/mol. The Balaban J connectivity index is 2.40. The quantitative estimate of drug-likeness (QED) is 0.447. The zero-order valence-electron chi connectivity index (χ0n) is 17.9. The molecule has 0 aliphatic carbocycles. The van der Waals surface area contributed by atoms with Crippen molar-refractivity contribution in [2.75, 3.05) is 20.8 Å². The smallest absolute Gasteiger partial charge is 0.303 e. The molecule has 0 spiro atoms. The molecule has 11 heteroatoms. The molecule has 31 heavy (non-hydrogen) atoms. The summed E-state index contributed by atoms with van der Waals surface area (Å²) in [4.78, 5) is 34.5. The molecule has 0 radical (unpaired) electrons. The molecule has 1 aromatic carbocycles. The number of hydrogen-bond acceptors (Lipinski definition) is 11. The molecule has 172 valence electrons. The predicted octanol–water partition coefficient (Wildman–Crippen LogP) is 0.595. The second-order valence-corrected chi connectivity index (χ2v) is 6.59. The Kier molecular flexibility index (Phi) is 8.46. The molecule has 1 saturated heterocycles. The van der Waals surface area contributed by atoms with Crippen molar-refractivity contribution in [1.82, 2.24) is 0 Å². The van der Waals surface area contributed by atoms with Crippen LogP contribution in [0, 0.1) is 0 Å². The van der Waals surface area contributed by atoms with E-state index in [9.17, 15) is 19.5 Å². The summed E-state index contributed by atoms with van der Waals surface area (Å²) in [5.74, 6) is -1.35. The molecule has 0 amide bonds. The van der Waals surface area contributed by atoms with E-state index < -0.39 is 48.6 Å². The van der Waals surface area contributed by atoms with E-state index in [4.69, 9.17) is 33.2 Å².